The van der Waals surface area contributed by atoms with Crippen molar-refractivity contribution in [3.05, 3.63) is 35.9 Å². The second-order valence-corrected chi connectivity index (χ2v) is 5.24. The highest BCUT2D eigenvalue weighted by molar-refractivity contribution is 5.81. The SMILES string of the molecule is COc1ccccc1O[C@H](C)C(=O)NCC1=CCCCC1. The smallest absolute Gasteiger partial charge is 0.261 e. The minimum absolute atomic E-state index is 0.104. The molecule has 0 saturated carbocycles. The van der Waals surface area contributed by atoms with Crippen LogP contribution in [-0.2, 0) is 4.79 Å². The lowest BCUT2D eigenvalue weighted by Crippen LogP contribution is -2.37. The number of hydrogen-bond acceptors (Lipinski definition) is 3. The highest BCUT2D eigenvalue weighted by Gasteiger charge is 2.16. The van der Waals surface area contributed by atoms with E-state index in [9.17, 15) is 4.79 Å². The Morgan fingerprint density at radius 2 is 2.05 bits per heavy atom. The Morgan fingerprint density at radius 3 is 2.71 bits per heavy atom. The van der Waals surface area contributed by atoms with Crippen molar-refractivity contribution < 1.29 is 14.3 Å². The van der Waals surface area contributed by atoms with Crippen LogP contribution in [0.5, 0.6) is 11.5 Å². The average Bonchev–Trinajstić information content (AvgIpc) is 2.54. The lowest BCUT2D eigenvalue weighted by Gasteiger charge is -2.18. The number of allylic oxidation sites excluding steroid dienone is 1. The van der Waals surface area contributed by atoms with Crippen molar-refractivity contribution in [2.45, 2.75) is 38.7 Å². The van der Waals surface area contributed by atoms with Gasteiger partial charge in [0.2, 0.25) is 0 Å². The van der Waals surface area contributed by atoms with Gasteiger partial charge in [0, 0.05) is 6.54 Å². The topological polar surface area (TPSA) is 47.6 Å². The van der Waals surface area contributed by atoms with E-state index in [1.807, 2.05) is 18.2 Å². The predicted octanol–water partition coefficient (Wildman–Crippen LogP) is 3.08. The van der Waals surface area contributed by atoms with E-state index < -0.39 is 6.10 Å². The first-order valence-electron chi connectivity index (χ1n) is 7.46. The van der Waals surface area contributed by atoms with E-state index in [0.717, 1.165) is 12.8 Å². The van der Waals surface area contributed by atoms with Crippen LogP contribution in [0.4, 0.5) is 0 Å². The van der Waals surface area contributed by atoms with Gasteiger partial charge in [-0.05, 0) is 44.7 Å². The van der Waals surface area contributed by atoms with E-state index in [0.29, 0.717) is 18.0 Å². The molecule has 0 saturated heterocycles. The largest absolute Gasteiger partial charge is 0.493 e. The lowest BCUT2D eigenvalue weighted by atomic mass is 10.00. The van der Waals surface area contributed by atoms with Crippen LogP contribution in [0.1, 0.15) is 32.6 Å². The van der Waals surface area contributed by atoms with Crippen LogP contribution in [0, 0.1) is 0 Å². The molecule has 21 heavy (non-hydrogen) atoms. The van der Waals surface area contributed by atoms with Crippen LogP contribution in [0.2, 0.25) is 0 Å². The molecule has 1 aromatic rings. The molecule has 1 aliphatic carbocycles. The maximum atomic E-state index is 12.1. The first-order valence-corrected chi connectivity index (χ1v) is 7.46. The summed E-state index contributed by atoms with van der Waals surface area (Å²) in [7, 11) is 1.59. The second-order valence-electron chi connectivity index (χ2n) is 5.24. The number of methoxy groups -OCH3 is 1. The zero-order chi connectivity index (χ0) is 15.1. The Hall–Kier alpha value is -1.97. The molecule has 2 rings (SSSR count). The molecule has 0 heterocycles. The van der Waals surface area contributed by atoms with Gasteiger partial charge in [0.15, 0.2) is 17.6 Å². The molecule has 0 bridgehead atoms. The normalized spacial score (nSPS) is 15.8. The quantitative estimate of drug-likeness (QED) is 0.819. The zero-order valence-electron chi connectivity index (χ0n) is 12.7. The molecule has 1 atom stereocenters. The molecule has 0 fully saturated rings. The van der Waals surface area contributed by atoms with Crippen LogP contribution in [0.3, 0.4) is 0 Å². The van der Waals surface area contributed by atoms with Crippen LogP contribution in [0.15, 0.2) is 35.9 Å². The Balaban J connectivity index is 1.86. The number of rotatable bonds is 6. The third-order valence-corrected chi connectivity index (χ3v) is 3.62. The Bertz CT molecular complexity index is 511. The number of amides is 1. The summed E-state index contributed by atoms with van der Waals surface area (Å²) in [5, 5.41) is 2.94. The maximum absolute atomic E-state index is 12.1. The average molecular weight is 289 g/mol. The summed E-state index contributed by atoms with van der Waals surface area (Å²) in [5.41, 5.74) is 1.32. The highest BCUT2D eigenvalue weighted by Crippen LogP contribution is 2.26. The minimum atomic E-state index is -0.550. The molecule has 4 heteroatoms. The predicted molar refractivity (Wildman–Crippen MR) is 82.6 cm³/mol. The van der Waals surface area contributed by atoms with Crippen molar-refractivity contribution in [2.24, 2.45) is 0 Å². The van der Waals surface area contributed by atoms with Gasteiger partial charge in [0.05, 0.1) is 7.11 Å². The van der Waals surface area contributed by atoms with Crippen LogP contribution < -0.4 is 14.8 Å². The summed E-state index contributed by atoms with van der Waals surface area (Å²) in [6.07, 6.45) is 6.36. The van der Waals surface area contributed by atoms with Gasteiger partial charge in [-0.3, -0.25) is 4.79 Å². The third-order valence-electron chi connectivity index (χ3n) is 3.62. The number of hydrogen-bond donors (Lipinski definition) is 1. The molecule has 4 nitrogen and oxygen atoms in total. The molecular weight excluding hydrogens is 266 g/mol. The van der Waals surface area contributed by atoms with Gasteiger partial charge < -0.3 is 14.8 Å². The zero-order valence-corrected chi connectivity index (χ0v) is 12.7. The van der Waals surface area contributed by atoms with Gasteiger partial charge in [-0.25, -0.2) is 0 Å². The molecular formula is C17H23NO3. The summed E-state index contributed by atoms with van der Waals surface area (Å²) >= 11 is 0. The fourth-order valence-corrected chi connectivity index (χ4v) is 2.37. The molecule has 1 aliphatic rings. The maximum Gasteiger partial charge on any atom is 0.261 e. The van der Waals surface area contributed by atoms with Gasteiger partial charge in [-0.15, -0.1) is 0 Å². The van der Waals surface area contributed by atoms with Crippen molar-refractivity contribution >= 4 is 5.91 Å². The van der Waals surface area contributed by atoms with Crippen molar-refractivity contribution in [1.29, 1.82) is 0 Å². The van der Waals surface area contributed by atoms with Crippen LogP contribution in [-0.4, -0.2) is 25.7 Å². The molecule has 0 aliphatic heterocycles. The first kappa shape index (κ1) is 15.4. The van der Waals surface area contributed by atoms with Crippen molar-refractivity contribution in [3.8, 4) is 11.5 Å². The minimum Gasteiger partial charge on any atom is -0.493 e. The fourth-order valence-electron chi connectivity index (χ4n) is 2.37. The van der Waals surface area contributed by atoms with Crippen molar-refractivity contribution in [3.63, 3.8) is 0 Å². The number of carbonyl (C=O) groups is 1. The van der Waals surface area contributed by atoms with E-state index in [2.05, 4.69) is 11.4 Å². The Labute approximate surface area is 126 Å². The van der Waals surface area contributed by atoms with E-state index in [1.54, 1.807) is 20.1 Å². The summed E-state index contributed by atoms with van der Waals surface area (Å²) in [6, 6.07) is 7.33. The number of benzene rings is 1. The molecule has 0 aromatic heterocycles. The Kier molecular flexibility index (Phi) is 5.67. The number of carbonyl (C=O) groups excluding carboxylic acids is 1. The van der Waals surface area contributed by atoms with Crippen LogP contribution in [0.25, 0.3) is 0 Å². The van der Waals surface area contributed by atoms with Gasteiger partial charge in [0.1, 0.15) is 0 Å². The molecule has 1 amide bonds. The number of para-hydroxylation sites is 2. The van der Waals surface area contributed by atoms with Gasteiger partial charge in [-0.1, -0.05) is 23.8 Å². The second kappa shape index (κ2) is 7.72. The first-order chi connectivity index (χ1) is 10.2. The molecule has 0 radical (unpaired) electrons. The molecule has 1 aromatic carbocycles. The summed E-state index contributed by atoms with van der Waals surface area (Å²) in [5.74, 6) is 1.11. The van der Waals surface area contributed by atoms with Gasteiger partial charge in [0.25, 0.3) is 5.91 Å². The van der Waals surface area contributed by atoms with Gasteiger partial charge in [-0.2, -0.15) is 0 Å². The fraction of sp³-hybridized carbons (Fsp3) is 0.471. The third kappa shape index (κ3) is 4.52. The van der Waals surface area contributed by atoms with E-state index in [4.69, 9.17) is 9.47 Å². The lowest BCUT2D eigenvalue weighted by molar-refractivity contribution is -0.127. The Morgan fingerprint density at radius 1 is 1.29 bits per heavy atom. The van der Waals surface area contributed by atoms with E-state index in [-0.39, 0.29) is 5.91 Å². The number of nitrogens with one attached hydrogen (secondary N) is 1. The number of ether oxygens (including phenoxy) is 2. The summed E-state index contributed by atoms with van der Waals surface area (Å²) < 4.78 is 10.9. The summed E-state index contributed by atoms with van der Waals surface area (Å²) in [6.45, 7) is 2.37. The van der Waals surface area contributed by atoms with Crippen LogP contribution >= 0.6 is 0 Å². The summed E-state index contributed by atoms with van der Waals surface area (Å²) in [4.78, 5) is 12.1. The van der Waals surface area contributed by atoms with E-state index in [1.165, 1.54) is 18.4 Å². The van der Waals surface area contributed by atoms with Crippen molar-refractivity contribution in [1.82, 2.24) is 5.32 Å². The molecule has 1 N–H and O–H groups in total. The molecule has 0 spiro atoms. The standard InChI is InChI=1S/C17H23NO3/c1-13(21-16-11-7-6-10-15(16)20-2)17(19)18-12-14-8-4-3-5-9-14/h6-8,10-11,13H,3-5,9,12H2,1-2H3,(H,18,19)/t13-/m1/s1. The monoisotopic (exact) mass is 289 g/mol. The molecule has 114 valence electrons. The van der Waals surface area contributed by atoms with E-state index >= 15 is 0 Å². The highest BCUT2D eigenvalue weighted by atomic mass is 16.5. The van der Waals surface area contributed by atoms with Crippen molar-refractivity contribution in [2.75, 3.05) is 13.7 Å². The van der Waals surface area contributed by atoms with Gasteiger partial charge >= 0.3 is 0 Å². The molecule has 0 unspecified atom stereocenters.